The zero-order valence-electron chi connectivity index (χ0n) is 16.2. The van der Waals surface area contributed by atoms with Crippen molar-refractivity contribution in [2.45, 2.75) is 99.8 Å². The van der Waals surface area contributed by atoms with Crippen molar-refractivity contribution in [2.75, 3.05) is 0 Å². The van der Waals surface area contributed by atoms with Crippen LogP contribution in [0.2, 0.25) is 0 Å². The Morgan fingerprint density at radius 1 is 0.364 bits per heavy atom. The van der Waals surface area contributed by atoms with Gasteiger partial charge in [-0.15, -0.1) is 30.5 Å². The van der Waals surface area contributed by atoms with Gasteiger partial charge in [-0.25, -0.2) is 0 Å². The molecule has 0 heterocycles. The summed E-state index contributed by atoms with van der Waals surface area (Å²) < 4.78 is 0. The molecule has 0 rings (SSSR count). The molecule has 0 spiro atoms. The average molecular weight is 347 g/mol. The van der Waals surface area contributed by atoms with E-state index in [2.05, 4.69) is 0 Å². The zero-order valence-corrected chi connectivity index (χ0v) is 18.8. The van der Waals surface area contributed by atoms with Gasteiger partial charge >= 0.3 is 23.1 Å². The molecule has 0 fully saturated rings. The van der Waals surface area contributed by atoms with Crippen molar-refractivity contribution in [1.82, 2.24) is 0 Å². The van der Waals surface area contributed by atoms with E-state index in [0.29, 0.717) is 0 Å². The molecule has 0 aliphatic rings. The first-order valence-corrected chi connectivity index (χ1v) is 6.95. The van der Waals surface area contributed by atoms with Crippen LogP contribution >= 0.6 is 0 Å². The monoisotopic (exact) mass is 346 g/mol. The van der Waals surface area contributed by atoms with Gasteiger partial charge in [0.05, 0.1) is 0 Å². The van der Waals surface area contributed by atoms with Crippen LogP contribution in [0.5, 0.6) is 0 Å². The zero-order chi connectivity index (χ0) is 17.9. The Balaban J connectivity index is -0.0000000250. The van der Waals surface area contributed by atoms with Crippen molar-refractivity contribution in [1.29, 1.82) is 0 Å². The molecule has 0 aliphatic heterocycles. The Kier molecular flexibility index (Phi) is 75.1. The molecule has 0 unspecified atom stereocenters. The van der Waals surface area contributed by atoms with Gasteiger partial charge in [0.2, 0.25) is 0 Å². The molecule has 0 bridgehead atoms. The van der Waals surface area contributed by atoms with Crippen molar-refractivity contribution < 1.29 is 25.5 Å². The van der Waals surface area contributed by atoms with E-state index in [1.54, 1.807) is 69.2 Å². The minimum Gasteiger partial charge on any atom is -0.852 e. The third kappa shape index (κ3) is 7060. The Morgan fingerprint density at radius 3 is 0.364 bits per heavy atom. The minimum atomic E-state index is -0.417. The minimum absolute atomic E-state index is 0. The molecule has 0 aliphatic carbocycles. The van der Waals surface area contributed by atoms with E-state index in [1.165, 1.54) is 0 Å². The Labute approximate surface area is 165 Å². The van der Waals surface area contributed by atoms with Gasteiger partial charge in [0.1, 0.15) is 0 Å². The molecule has 0 aromatic heterocycles. The van der Waals surface area contributed by atoms with Crippen molar-refractivity contribution in [2.24, 2.45) is 0 Å². The molecule has 0 aromatic rings. The first-order chi connectivity index (χ1) is 8.66. The van der Waals surface area contributed by atoms with Gasteiger partial charge in [-0.2, -0.15) is 0 Å². The first kappa shape index (κ1) is 43.5. The molecule has 22 heavy (non-hydrogen) atoms. The van der Waals surface area contributed by atoms with Crippen LogP contribution in [0.3, 0.4) is 0 Å². The molecule has 5 nitrogen and oxygen atoms in total. The average Bonchev–Trinajstić information content (AvgIpc) is 1.94. The maximum Gasteiger partial charge on any atom is 2.00 e. The second-order valence-electron chi connectivity index (χ2n) is 5.24. The van der Waals surface area contributed by atoms with E-state index < -0.39 is 30.5 Å². The van der Waals surface area contributed by atoms with E-state index in [9.17, 15) is 25.5 Å². The van der Waals surface area contributed by atoms with Gasteiger partial charge in [0.15, 0.2) is 0 Å². The quantitative estimate of drug-likeness (QED) is 0.471. The van der Waals surface area contributed by atoms with E-state index in [-0.39, 0.29) is 40.4 Å². The van der Waals surface area contributed by atoms with E-state index in [1.807, 2.05) is 0 Å². The largest absolute Gasteiger partial charge is 2.00 e. The van der Waals surface area contributed by atoms with Crippen LogP contribution in [0.1, 0.15) is 69.2 Å². The Hall–Kier alpha value is 1.10. The van der Waals surface area contributed by atoms with Gasteiger partial charge in [-0.3, -0.25) is 0 Å². The fourth-order valence-corrected chi connectivity index (χ4v) is 0. The molecular weight excluding hydrogens is 311 g/mol. The summed E-state index contributed by atoms with van der Waals surface area (Å²) in [6, 6.07) is 0. The second kappa shape index (κ2) is 38.0. The summed E-state index contributed by atoms with van der Waals surface area (Å²) in [6.07, 6.45) is -2.08. The van der Waals surface area contributed by atoms with Crippen LogP contribution < -0.4 is 25.5 Å². The summed E-state index contributed by atoms with van der Waals surface area (Å²) in [7, 11) is 0. The molecule has 0 atom stereocenters. The van der Waals surface area contributed by atoms with Crippen LogP contribution in [0, 0.1) is 0 Å². The van der Waals surface area contributed by atoms with Gasteiger partial charge in [0.25, 0.3) is 0 Å². The maximum atomic E-state index is 9.53. The summed E-state index contributed by atoms with van der Waals surface area (Å²) in [5, 5.41) is 47.6. The molecule has 0 saturated carbocycles. The predicted molar refractivity (Wildman–Crippen MR) is 87.2 cm³/mol. The van der Waals surface area contributed by atoms with Crippen molar-refractivity contribution in [3.05, 3.63) is 0 Å². The number of hydrogen-bond donors (Lipinski definition) is 0. The fourth-order valence-electron chi connectivity index (χ4n) is 0. The second-order valence-corrected chi connectivity index (χ2v) is 5.24. The van der Waals surface area contributed by atoms with Crippen LogP contribution in [-0.4, -0.2) is 70.9 Å². The summed E-state index contributed by atoms with van der Waals surface area (Å²) in [5.41, 5.74) is 0. The maximum absolute atomic E-state index is 9.53. The number of rotatable bonds is 0. The smallest absolute Gasteiger partial charge is 0.852 e. The summed E-state index contributed by atoms with van der Waals surface area (Å²) in [4.78, 5) is 0. The molecule has 0 amide bonds. The summed E-state index contributed by atoms with van der Waals surface area (Å²) in [5.74, 6) is 0. The molecule has 0 aromatic carbocycles. The fraction of sp³-hybridized carbons (Fsp3) is 1.00. The normalized spacial score (nSPS) is 8.18. The van der Waals surface area contributed by atoms with Gasteiger partial charge in [0, 0.05) is 17.4 Å². The first-order valence-electron chi connectivity index (χ1n) is 6.95. The predicted octanol–water partition coefficient (Wildman–Crippen LogP) is -1.99. The van der Waals surface area contributed by atoms with Crippen LogP contribution in [0.4, 0.5) is 0 Å². The van der Waals surface area contributed by atoms with Crippen LogP contribution in [0.15, 0.2) is 0 Å². The van der Waals surface area contributed by atoms with Gasteiger partial charge < -0.3 is 25.5 Å². The van der Waals surface area contributed by atoms with Crippen LogP contribution in [-0.2, 0) is 0 Å². The van der Waals surface area contributed by atoms with Crippen molar-refractivity contribution in [3.8, 4) is 0 Å². The third-order valence-electron chi connectivity index (χ3n) is 0. The molecule has 3 radical (unpaired) electrons. The summed E-state index contributed by atoms with van der Waals surface area (Å²) >= 11 is 0. The molecule has 133 valence electrons. The topological polar surface area (TPSA) is 115 Å². The molecule has 7 heteroatoms. The SMILES string of the molecule is CC(C)[O-].CC(C)[O-].CC(C)[O-].CC(C)[O-].CC(C)[O-].[Al].[Mg+2]. The Bertz CT molecular complexity index is 86.5. The number of hydrogen-bond acceptors (Lipinski definition) is 5. The van der Waals surface area contributed by atoms with Crippen molar-refractivity contribution in [3.63, 3.8) is 0 Å². The Morgan fingerprint density at radius 2 is 0.364 bits per heavy atom. The van der Waals surface area contributed by atoms with Gasteiger partial charge in [-0.05, 0) is 0 Å². The third-order valence-corrected chi connectivity index (χ3v) is 0. The standard InChI is InChI=1S/5C3H7O.Al.Mg/c5*1-3(2)4;;/h5*3H,1-2H3;;/q5*-1;;+2. The van der Waals surface area contributed by atoms with E-state index in [4.69, 9.17) is 0 Å². The van der Waals surface area contributed by atoms with Gasteiger partial charge in [-0.1, -0.05) is 69.2 Å². The van der Waals surface area contributed by atoms with E-state index >= 15 is 0 Å². The van der Waals surface area contributed by atoms with Crippen molar-refractivity contribution >= 4 is 40.4 Å². The summed E-state index contributed by atoms with van der Waals surface area (Å²) in [6.45, 7) is 16.1. The molecule has 0 saturated heterocycles. The van der Waals surface area contributed by atoms with Crippen LogP contribution in [0.25, 0.3) is 0 Å². The molecule has 0 N–H and O–H groups in total. The van der Waals surface area contributed by atoms with E-state index in [0.717, 1.165) is 0 Å². The molecular formula is C15H35AlMgO5-3.